The van der Waals surface area contributed by atoms with Crippen molar-refractivity contribution >= 4 is 15.9 Å². The molecule has 0 aliphatic heterocycles. The molecular formula is C10H15N3O2S. The van der Waals surface area contributed by atoms with Crippen LogP contribution in [0.15, 0.2) is 34.2 Å². The van der Waals surface area contributed by atoms with Gasteiger partial charge < -0.3 is 5.73 Å². The first-order valence-electron chi connectivity index (χ1n) is 4.84. The Labute approximate surface area is 95.2 Å². The van der Waals surface area contributed by atoms with E-state index in [0.717, 1.165) is 5.56 Å². The molecule has 6 heteroatoms. The van der Waals surface area contributed by atoms with Crippen LogP contribution in [-0.2, 0) is 16.6 Å². The third-order valence-corrected chi connectivity index (χ3v) is 3.01. The monoisotopic (exact) mass is 241 g/mol. The molecule has 0 radical (unpaired) electrons. The molecule has 1 rings (SSSR count). The lowest BCUT2D eigenvalue weighted by Crippen LogP contribution is -2.12. The van der Waals surface area contributed by atoms with E-state index < -0.39 is 10.0 Å². The van der Waals surface area contributed by atoms with Crippen molar-refractivity contribution in [3.05, 3.63) is 29.8 Å². The van der Waals surface area contributed by atoms with Crippen molar-refractivity contribution in [1.29, 1.82) is 0 Å². The molecule has 1 aromatic carbocycles. The van der Waals surface area contributed by atoms with Crippen LogP contribution in [0.25, 0.3) is 0 Å². The highest BCUT2D eigenvalue weighted by Crippen LogP contribution is 2.09. The van der Waals surface area contributed by atoms with Crippen molar-refractivity contribution in [2.24, 2.45) is 15.9 Å². The van der Waals surface area contributed by atoms with Gasteiger partial charge >= 0.3 is 0 Å². The summed E-state index contributed by atoms with van der Waals surface area (Å²) in [5, 5.41) is 4.98. The fourth-order valence-corrected chi connectivity index (χ4v) is 1.60. The molecule has 0 saturated carbocycles. The van der Waals surface area contributed by atoms with E-state index in [0.29, 0.717) is 18.8 Å². The minimum absolute atomic E-state index is 0.101. The molecule has 5 nitrogen and oxygen atoms in total. The van der Waals surface area contributed by atoms with Gasteiger partial charge in [0.1, 0.15) is 0 Å². The second kappa shape index (κ2) is 5.09. The van der Waals surface area contributed by atoms with Gasteiger partial charge in [-0.15, -0.1) is 0 Å². The third kappa shape index (κ3) is 3.63. The van der Waals surface area contributed by atoms with Gasteiger partial charge in [-0.05, 0) is 17.7 Å². The summed E-state index contributed by atoms with van der Waals surface area (Å²) in [5.41, 5.74) is 6.45. The van der Waals surface area contributed by atoms with Crippen molar-refractivity contribution in [1.82, 2.24) is 0 Å². The number of sulfonamides is 1. The van der Waals surface area contributed by atoms with Crippen LogP contribution in [0.2, 0.25) is 0 Å². The first-order valence-corrected chi connectivity index (χ1v) is 6.38. The van der Waals surface area contributed by atoms with Gasteiger partial charge in [0.15, 0.2) is 0 Å². The Bertz CT molecular complexity index is 477. The van der Waals surface area contributed by atoms with Crippen LogP contribution in [0.4, 0.5) is 0 Å². The minimum atomic E-state index is -3.62. The van der Waals surface area contributed by atoms with Crippen LogP contribution in [0, 0.1) is 0 Å². The van der Waals surface area contributed by atoms with E-state index in [4.69, 9.17) is 10.9 Å². The molecule has 0 aromatic heterocycles. The number of benzene rings is 1. The van der Waals surface area contributed by atoms with E-state index >= 15 is 0 Å². The Morgan fingerprint density at radius 2 is 1.88 bits per heavy atom. The smallest absolute Gasteiger partial charge is 0.238 e. The summed E-state index contributed by atoms with van der Waals surface area (Å²) in [5.74, 6) is 0.579. The average Bonchev–Trinajstić information content (AvgIpc) is 2.25. The summed E-state index contributed by atoms with van der Waals surface area (Å²) < 4.78 is 22.0. The van der Waals surface area contributed by atoms with E-state index in [2.05, 4.69) is 4.99 Å². The molecule has 0 spiro atoms. The van der Waals surface area contributed by atoms with Gasteiger partial charge in [0, 0.05) is 6.42 Å². The zero-order valence-electron chi connectivity index (χ0n) is 9.05. The molecule has 0 saturated heterocycles. The van der Waals surface area contributed by atoms with Gasteiger partial charge in [0.2, 0.25) is 10.0 Å². The maximum absolute atomic E-state index is 11.0. The average molecular weight is 241 g/mol. The number of amidine groups is 1. The third-order valence-electron chi connectivity index (χ3n) is 2.08. The van der Waals surface area contributed by atoms with Gasteiger partial charge in [-0.25, -0.2) is 13.6 Å². The topological polar surface area (TPSA) is 98.5 Å². The molecular weight excluding hydrogens is 226 g/mol. The highest BCUT2D eigenvalue weighted by atomic mass is 32.2. The maximum atomic E-state index is 11.0. The Balaban J connectivity index is 2.81. The number of nitrogens with two attached hydrogens (primary N) is 2. The van der Waals surface area contributed by atoms with Gasteiger partial charge in [0.25, 0.3) is 0 Å². The zero-order valence-corrected chi connectivity index (χ0v) is 9.87. The second-order valence-corrected chi connectivity index (χ2v) is 4.91. The highest BCUT2D eigenvalue weighted by Gasteiger charge is 2.06. The first kappa shape index (κ1) is 12.7. The summed E-state index contributed by atoms with van der Waals surface area (Å²) >= 11 is 0. The number of aliphatic imine (C=N–C) groups is 1. The van der Waals surface area contributed by atoms with Crippen molar-refractivity contribution in [2.75, 3.05) is 0 Å². The number of rotatable bonds is 4. The first-order chi connectivity index (χ1) is 7.43. The number of hydrogen-bond acceptors (Lipinski definition) is 3. The lowest BCUT2D eigenvalue weighted by molar-refractivity contribution is 0.598. The van der Waals surface area contributed by atoms with E-state index in [1.807, 2.05) is 6.92 Å². The molecule has 0 atom stereocenters. The fraction of sp³-hybridized carbons (Fsp3) is 0.300. The number of hydrogen-bond donors (Lipinski definition) is 2. The Morgan fingerprint density at radius 1 is 1.31 bits per heavy atom. The zero-order chi connectivity index (χ0) is 12.2. The summed E-state index contributed by atoms with van der Waals surface area (Å²) in [6.07, 6.45) is 0.704. The molecule has 0 amide bonds. The predicted octanol–water partition coefficient (Wildman–Crippen LogP) is 0.601. The van der Waals surface area contributed by atoms with Crippen LogP contribution >= 0.6 is 0 Å². The Hall–Kier alpha value is -1.40. The lowest BCUT2D eigenvalue weighted by Gasteiger charge is -2.01. The standard InChI is InChI=1S/C10H15N3O2S/c1-2-10(11)13-7-8-3-5-9(6-4-8)16(12,14)15/h3-6H,2,7H2,1H3,(H2,11,13)(H2,12,14,15). The van der Waals surface area contributed by atoms with Gasteiger partial charge in [-0.3, -0.25) is 4.99 Å². The molecule has 4 N–H and O–H groups in total. The van der Waals surface area contributed by atoms with E-state index in [1.165, 1.54) is 12.1 Å². The van der Waals surface area contributed by atoms with E-state index in [1.54, 1.807) is 12.1 Å². The van der Waals surface area contributed by atoms with Gasteiger partial charge in [0.05, 0.1) is 17.3 Å². The van der Waals surface area contributed by atoms with E-state index in [-0.39, 0.29) is 4.90 Å². The lowest BCUT2D eigenvalue weighted by atomic mass is 10.2. The summed E-state index contributed by atoms with van der Waals surface area (Å²) in [7, 11) is -3.62. The largest absolute Gasteiger partial charge is 0.387 e. The molecule has 0 bridgehead atoms. The highest BCUT2D eigenvalue weighted by molar-refractivity contribution is 7.89. The van der Waals surface area contributed by atoms with Crippen LogP contribution in [0.3, 0.4) is 0 Å². The summed E-state index contributed by atoms with van der Waals surface area (Å²) in [6, 6.07) is 6.27. The second-order valence-electron chi connectivity index (χ2n) is 3.35. The van der Waals surface area contributed by atoms with Crippen LogP contribution < -0.4 is 10.9 Å². The Kier molecular flexibility index (Phi) is 4.03. The molecule has 16 heavy (non-hydrogen) atoms. The van der Waals surface area contributed by atoms with E-state index in [9.17, 15) is 8.42 Å². The minimum Gasteiger partial charge on any atom is -0.387 e. The molecule has 0 aliphatic rings. The SMILES string of the molecule is CCC(N)=NCc1ccc(S(N)(=O)=O)cc1. The van der Waals surface area contributed by atoms with Crippen LogP contribution in [0.1, 0.15) is 18.9 Å². The van der Waals surface area contributed by atoms with Crippen LogP contribution in [-0.4, -0.2) is 14.3 Å². The maximum Gasteiger partial charge on any atom is 0.238 e. The summed E-state index contributed by atoms with van der Waals surface area (Å²) in [4.78, 5) is 4.22. The quantitative estimate of drug-likeness (QED) is 0.596. The molecule has 88 valence electrons. The molecule has 1 aromatic rings. The van der Waals surface area contributed by atoms with Crippen molar-refractivity contribution in [3.63, 3.8) is 0 Å². The molecule has 0 unspecified atom stereocenters. The van der Waals surface area contributed by atoms with Crippen molar-refractivity contribution < 1.29 is 8.42 Å². The van der Waals surface area contributed by atoms with Crippen molar-refractivity contribution in [2.45, 2.75) is 24.8 Å². The number of nitrogens with zero attached hydrogens (tertiary/aromatic N) is 1. The molecule has 0 heterocycles. The predicted molar refractivity (Wildman–Crippen MR) is 63.4 cm³/mol. The van der Waals surface area contributed by atoms with Gasteiger partial charge in [-0.1, -0.05) is 19.1 Å². The normalized spacial score (nSPS) is 12.8. The fourth-order valence-electron chi connectivity index (χ4n) is 1.09. The van der Waals surface area contributed by atoms with Crippen molar-refractivity contribution in [3.8, 4) is 0 Å². The molecule has 0 fully saturated rings. The molecule has 0 aliphatic carbocycles. The summed E-state index contributed by atoms with van der Waals surface area (Å²) in [6.45, 7) is 2.37. The number of primary sulfonamides is 1. The van der Waals surface area contributed by atoms with Crippen LogP contribution in [0.5, 0.6) is 0 Å². The Morgan fingerprint density at radius 3 is 2.31 bits per heavy atom. The van der Waals surface area contributed by atoms with Gasteiger partial charge in [-0.2, -0.15) is 0 Å².